The molecule has 0 saturated heterocycles. The molecule has 2 aromatic carbocycles. The van der Waals surface area contributed by atoms with Gasteiger partial charge in [-0.2, -0.15) is 0 Å². The van der Waals surface area contributed by atoms with Gasteiger partial charge < -0.3 is 10.9 Å². The van der Waals surface area contributed by atoms with E-state index >= 15 is 0 Å². The molecule has 3 N–H and O–H groups in total. The number of hydrogen-bond donors (Lipinski definition) is 2. The minimum Gasteiger partial charge on any atom is -0.409 e. The first kappa shape index (κ1) is 13.5. The molecule has 0 atom stereocenters. The highest BCUT2D eigenvalue weighted by Crippen LogP contribution is 2.28. The summed E-state index contributed by atoms with van der Waals surface area (Å²) in [7, 11) is 0. The Balaban J connectivity index is 2.32. The summed E-state index contributed by atoms with van der Waals surface area (Å²) in [5.41, 5.74) is 9.29. The molecule has 1 aromatic heterocycles. The molecule has 0 aliphatic carbocycles. The molecular formula is C15H14N4OS. The van der Waals surface area contributed by atoms with Crippen molar-refractivity contribution in [2.45, 2.75) is 4.90 Å². The SMILES string of the molecule is CSc1cccc(-n2cnc3ccccc32)c1/C(N)=N/O. The predicted molar refractivity (Wildman–Crippen MR) is 85.4 cm³/mol. The fourth-order valence-electron chi connectivity index (χ4n) is 2.35. The van der Waals surface area contributed by atoms with E-state index in [0.717, 1.165) is 21.6 Å². The predicted octanol–water partition coefficient (Wildman–Crippen LogP) is 2.84. The quantitative estimate of drug-likeness (QED) is 0.256. The summed E-state index contributed by atoms with van der Waals surface area (Å²) in [6, 6.07) is 13.7. The Kier molecular flexibility index (Phi) is 3.53. The molecule has 21 heavy (non-hydrogen) atoms. The minimum absolute atomic E-state index is 0.0905. The van der Waals surface area contributed by atoms with Crippen LogP contribution in [0.1, 0.15) is 5.56 Å². The van der Waals surface area contributed by atoms with Crippen molar-refractivity contribution in [3.8, 4) is 5.69 Å². The number of hydrogen-bond acceptors (Lipinski definition) is 4. The molecule has 0 amide bonds. The van der Waals surface area contributed by atoms with Crippen LogP contribution in [0.3, 0.4) is 0 Å². The van der Waals surface area contributed by atoms with Gasteiger partial charge in [0.1, 0.15) is 6.33 Å². The van der Waals surface area contributed by atoms with Crippen LogP contribution in [0.25, 0.3) is 16.7 Å². The van der Waals surface area contributed by atoms with Gasteiger partial charge >= 0.3 is 0 Å². The second-order valence-electron chi connectivity index (χ2n) is 4.44. The second kappa shape index (κ2) is 5.49. The van der Waals surface area contributed by atoms with Gasteiger partial charge in [0.05, 0.1) is 22.3 Å². The van der Waals surface area contributed by atoms with Crippen LogP contribution in [0, 0.1) is 0 Å². The van der Waals surface area contributed by atoms with Crippen LogP contribution in [-0.2, 0) is 0 Å². The number of rotatable bonds is 3. The number of aromatic nitrogens is 2. The largest absolute Gasteiger partial charge is 0.409 e. The Morgan fingerprint density at radius 3 is 2.81 bits per heavy atom. The summed E-state index contributed by atoms with van der Waals surface area (Å²) in [6.07, 6.45) is 3.71. The third-order valence-electron chi connectivity index (χ3n) is 3.30. The van der Waals surface area contributed by atoms with E-state index < -0.39 is 0 Å². The highest BCUT2D eigenvalue weighted by Gasteiger charge is 2.15. The van der Waals surface area contributed by atoms with E-state index in [9.17, 15) is 0 Å². The van der Waals surface area contributed by atoms with E-state index in [1.165, 1.54) is 0 Å². The summed E-state index contributed by atoms with van der Waals surface area (Å²) in [4.78, 5) is 5.33. The van der Waals surface area contributed by atoms with Crippen molar-refractivity contribution >= 4 is 28.6 Å². The third kappa shape index (κ3) is 2.23. The van der Waals surface area contributed by atoms with E-state index in [2.05, 4.69) is 10.1 Å². The first-order valence-corrected chi connectivity index (χ1v) is 7.56. The van der Waals surface area contributed by atoms with Gasteiger partial charge in [-0.25, -0.2) is 4.98 Å². The van der Waals surface area contributed by atoms with Gasteiger partial charge in [-0.3, -0.25) is 4.57 Å². The molecule has 0 aliphatic rings. The summed E-state index contributed by atoms with van der Waals surface area (Å²) in [5, 5.41) is 12.2. The molecule has 5 nitrogen and oxygen atoms in total. The first-order chi connectivity index (χ1) is 10.3. The lowest BCUT2D eigenvalue weighted by atomic mass is 10.1. The van der Waals surface area contributed by atoms with E-state index in [1.54, 1.807) is 18.1 Å². The summed E-state index contributed by atoms with van der Waals surface area (Å²) in [6.45, 7) is 0. The van der Waals surface area contributed by atoms with E-state index in [4.69, 9.17) is 10.9 Å². The summed E-state index contributed by atoms with van der Waals surface area (Å²) in [5.74, 6) is 0.0905. The number of oxime groups is 1. The molecule has 0 aliphatic heterocycles. The molecule has 0 spiro atoms. The summed E-state index contributed by atoms with van der Waals surface area (Å²) >= 11 is 1.55. The maximum atomic E-state index is 9.07. The van der Waals surface area contributed by atoms with Gasteiger partial charge in [-0.05, 0) is 30.5 Å². The monoisotopic (exact) mass is 298 g/mol. The molecule has 0 fully saturated rings. The number of thioether (sulfide) groups is 1. The average Bonchev–Trinajstić information content (AvgIpc) is 2.97. The maximum absolute atomic E-state index is 9.07. The van der Waals surface area contributed by atoms with Crippen molar-refractivity contribution in [2.24, 2.45) is 10.9 Å². The van der Waals surface area contributed by atoms with Crippen LogP contribution in [0.5, 0.6) is 0 Å². The number of imidazole rings is 1. The maximum Gasteiger partial charge on any atom is 0.173 e. The van der Waals surface area contributed by atoms with Crippen molar-refractivity contribution in [2.75, 3.05) is 6.26 Å². The van der Waals surface area contributed by atoms with Crippen LogP contribution >= 0.6 is 11.8 Å². The molecule has 6 heteroatoms. The highest BCUT2D eigenvalue weighted by molar-refractivity contribution is 7.98. The zero-order valence-corrected chi connectivity index (χ0v) is 12.2. The second-order valence-corrected chi connectivity index (χ2v) is 5.29. The van der Waals surface area contributed by atoms with Gasteiger partial charge in [0.2, 0.25) is 0 Å². The van der Waals surface area contributed by atoms with Crippen molar-refractivity contribution in [3.05, 3.63) is 54.4 Å². The zero-order chi connectivity index (χ0) is 14.8. The van der Waals surface area contributed by atoms with E-state index in [0.29, 0.717) is 5.56 Å². The molecule has 0 radical (unpaired) electrons. The Labute approximate surface area is 126 Å². The van der Waals surface area contributed by atoms with Gasteiger partial charge in [-0.15, -0.1) is 11.8 Å². The molecule has 1 heterocycles. The van der Waals surface area contributed by atoms with Crippen LogP contribution in [0.4, 0.5) is 0 Å². The van der Waals surface area contributed by atoms with Crippen molar-refractivity contribution in [1.29, 1.82) is 0 Å². The molecule has 3 aromatic rings. The Morgan fingerprint density at radius 2 is 2.05 bits per heavy atom. The average molecular weight is 298 g/mol. The molecule has 0 saturated carbocycles. The van der Waals surface area contributed by atoms with Crippen molar-refractivity contribution in [1.82, 2.24) is 9.55 Å². The molecule has 0 bridgehead atoms. The lowest BCUT2D eigenvalue weighted by molar-refractivity contribution is 0.318. The first-order valence-electron chi connectivity index (χ1n) is 6.33. The normalized spacial score (nSPS) is 12.0. The number of fused-ring (bicyclic) bond motifs is 1. The number of nitrogens with two attached hydrogens (primary N) is 1. The number of para-hydroxylation sites is 2. The Hall–Kier alpha value is -2.47. The van der Waals surface area contributed by atoms with Gasteiger partial charge in [0, 0.05) is 4.90 Å². The van der Waals surface area contributed by atoms with Gasteiger partial charge in [0.15, 0.2) is 5.84 Å². The minimum atomic E-state index is 0.0905. The van der Waals surface area contributed by atoms with Crippen molar-refractivity contribution < 1.29 is 5.21 Å². The highest BCUT2D eigenvalue weighted by atomic mass is 32.2. The molecular weight excluding hydrogens is 284 g/mol. The Morgan fingerprint density at radius 1 is 1.24 bits per heavy atom. The lowest BCUT2D eigenvalue weighted by Crippen LogP contribution is -2.17. The Bertz CT molecular complexity index is 825. The summed E-state index contributed by atoms with van der Waals surface area (Å²) < 4.78 is 1.95. The van der Waals surface area contributed by atoms with Crippen molar-refractivity contribution in [3.63, 3.8) is 0 Å². The van der Waals surface area contributed by atoms with E-state index in [1.807, 2.05) is 53.3 Å². The third-order valence-corrected chi connectivity index (χ3v) is 4.08. The molecule has 0 unspecified atom stereocenters. The van der Waals surface area contributed by atoms with Crippen LogP contribution < -0.4 is 5.73 Å². The topological polar surface area (TPSA) is 76.4 Å². The molecule has 3 rings (SSSR count). The van der Waals surface area contributed by atoms with Crippen LogP contribution in [-0.4, -0.2) is 26.8 Å². The zero-order valence-electron chi connectivity index (χ0n) is 11.4. The number of benzene rings is 2. The smallest absolute Gasteiger partial charge is 0.173 e. The lowest BCUT2D eigenvalue weighted by Gasteiger charge is -2.13. The fourth-order valence-corrected chi connectivity index (χ4v) is 2.98. The fraction of sp³-hybridized carbons (Fsp3) is 0.0667. The standard InChI is InChI=1S/C15H14N4OS/c1-21-13-8-4-7-12(14(13)15(16)18-20)19-9-17-10-5-2-3-6-11(10)19/h2-9,20H,1H3,(H2,16,18). The molecule has 106 valence electrons. The van der Waals surface area contributed by atoms with E-state index in [-0.39, 0.29) is 5.84 Å². The van der Waals surface area contributed by atoms with Gasteiger partial charge in [0.25, 0.3) is 0 Å². The van der Waals surface area contributed by atoms with Crippen LogP contribution in [0.15, 0.2) is 58.8 Å². The van der Waals surface area contributed by atoms with Gasteiger partial charge in [-0.1, -0.05) is 23.4 Å². The number of nitrogens with zero attached hydrogens (tertiary/aromatic N) is 3. The van der Waals surface area contributed by atoms with Crippen LogP contribution in [0.2, 0.25) is 0 Å². The number of amidine groups is 1.